The Balaban J connectivity index is 1.53. The van der Waals surface area contributed by atoms with Crippen molar-refractivity contribution in [3.8, 4) is 0 Å². The van der Waals surface area contributed by atoms with E-state index in [2.05, 4.69) is 10.3 Å². The van der Waals surface area contributed by atoms with E-state index in [4.69, 9.17) is 11.6 Å². The van der Waals surface area contributed by atoms with E-state index in [1.807, 2.05) is 66.7 Å². The van der Waals surface area contributed by atoms with Gasteiger partial charge in [-0.15, -0.1) is 0 Å². The number of anilines is 1. The highest BCUT2D eigenvalue weighted by molar-refractivity contribution is 6.31. The summed E-state index contributed by atoms with van der Waals surface area (Å²) in [7, 11) is 0. The second-order valence-electron chi connectivity index (χ2n) is 5.86. The minimum atomic E-state index is 0.162. The fourth-order valence-corrected chi connectivity index (χ4v) is 2.78. The van der Waals surface area contributed by atoms with Gasteiger partial charge in [-0.25, -0.2) is 0 Å². The zero-order valence-electron chi connectivity index (χ0n) is 13.8. The summed E-state index contributed by atoms with van der Waals surface area (Å²) in [6, 6.07) is 21.3. The molecule has 0 bridgehead atoms. The van der Waals surface area contributed by atoms with Crippen LogP contribution in [0.1, 0.15) is 16.8 Å². The lowest BCUT2D eigenvalue weighted by atomic mass is 10.1. The Labute approximate surface area is 152 Å². The molecule has 126 valence electrons. The molecule has 0 spiro atoms. The predicted molar refractivity (Wildman–Crippen MR) is 102 cm³/mol. The molecule has 25 heavy (non-hydrogen) atoms. The van der Waals surface area contributed by atoms with E-state index in [1.165, 1.54) is 0 Å². The standard InChI is InChI=1S/C21H19ClN2O/c22-21-7-2-1-5-17(21)15-24-18-10-8-16(9-11-18)13-20(25)14-19-6-3-4-12-23-19/h1-12,24H,13-15H2. The molecule has 4 heteroatoms. The smallest absolute Gasteiger partial charge is 0.143 e. The summed E-state index contributed by atoms with van der Waals surface area (Å²) in [6.45, 7) is 0.664. The lowest BCUT2D eigenvalue weighted by molar-refractivity contribution is -0.117. The van der Waals surface area contributed by atoms with Gasteiger partial charge in [0.05, 0.1) is 0 Å². The van der Waals surface area contributed by atoms with Crippen LogP contribution >= 0.6 is 11.6 Å². The van der Waals surface area contributed by atoms with Gasteiger partial charge >= 0.3 is 0 Å². The Bertz CT molecular complexity index is 832. The maximum atomic E-state index is 12.1. The van der Waals surface area contributed by atoms with E-state index in [-0.39, 0.29) is 5.78 Å². The first-order valence-electron chi connectivity index (χ1n) is 8.18. The van der Waals surface area contributed by atoms with E-state index in [0.29, 0.717) is 19.4 Å². The van der Waals surface area contributed by atoms with Gasteiger partial charge in [0.15, 0.2) is 0 Å². The molecule has 0 saturated carbocycles. The van der Waals surface area contributed by atoms with E-state index < -0.39 is 0 Å². The molecule has 1 N–H and O–H groups in total. The normalized spacial score (nSPS) is 10.4. The largest absolute Gasteiger partial charge is 0.381 e. The summed E-state index contributed by atoms with van der Waals surface area (Å²) in [5.74, 6) is 0.162. The van der Waals surface area contributed by atoms with Crippen LogP contribution in [0.25, 0.3) is 0 Å². The SMILES string of the molecule is O=C(Cc1ccc(NCc2ccccc2Cl)cc1)Cc1ccccn1. The zero-order chi connectivity index (χ0) is 17.5. The Morgan fingerprint density at radius 1 is 0.920 bits per heavy atom. The molecule has 1 aromatic heterocycles. The first kappa shape index (κ1) is 17.2. The molecule has 3 nitrogen and oxygen atoms in total. The van der Waals surface area contributed by atoms with Crippen LogP contribution in [-0.4, -0.2) is 10.8 Å². The zero-order valence-corrected chi connectivity index (χ0v) is 14.5. The molecule has 0 fully saturated rings. The topological polar surface area (TPSA) is 42.0 Å². The number of rotatable bonds is 7. The molecule has 0 unspecified atom stereocenters. The summed E-state index contributed by atoms with van der Waals surface area (Å²) in [4.78, 5) is 16.3. The number of hydrogen-bond acceptors (Lipinski definition) is 3. The molecule has 0 aliphatic carbocycles. The number of aromatic nitrogens is 1. The number of carbonyl (C=O) groups excluding carboxylic acids is 1. The average molecular weight is 351 g/mol. The van der Waals surface area contributed by atoms with Gasteiger partial charge in [-0.05, 0) is 41.5 Å². The average Bonchev–Trinajstić information content (AvgIpc) is 2.63. The fraction of sp³-hybridized carbons (Fsp3) is 0.143. The van der Waals surface area contributed by atoms with Crippen LogP contribution in [0.15, 0.2) is 72.9 Å². The van der Waals surface area contributed by atoms with E-state index in [9.17, 15) is 4.79 Å². The second kappa shape index (κ2) is 8.45. The van der Waals surface area contributed by atoms with Gasteiger partial charge in [0.2, 0.25) is 0 Å². The van der Waals surface area contributed by atoms with Gasteiger partial charge in [-0.2, -0.15) is 0 Å². The number of ketones is 1. The maximum Gasteiger partial charge on any atom is 0.143 e. The summed E-state index contributed by atoms with van der Waals surface area (Å²) in [5.41, 5.74) is 3.87. The minimum Gasteiger partial charge on any atom is -0.381 e. The van der Waals surface area contributed by atoms with Crippen LogP contribution in [0.3, 0.4) is 0 Å². The molecule has 0 aliphatic heterocycles. The fourth-order valence-electron chi connectivity index (χ4n) is 2.57. The Kier molecular flexibility index (Phi) is 5.81. The molecule has 1 heterocycles. The van der Waals surface area contributed by atoms with Gasteiger partial charge in [-0.1, -0.05) is 48.0 Å². The quantitative estimate of drug-likeness (QED) is 0.671. The van der Waals surface area contributed by atoms with Crippen molar-refractivity contribution < 1.29 is 4.79 Å². The van der Waals surface area contributed by atoms with Crippen molar-refractivity contribution in [1.29, 1.82) is 0 Å². The third kappa shape index (κ3) is 5.16. The predicted octanol–water partition coefficient (Wildman–Crippen LogP) is 4.70. The highest BCUT2D eigenvalue weighted by atomic mass is 35.5. The summed E-state index contributed by atoms with van der Waals surface area (Å²) in [5, 5.41) is 4.10. The summed E-state index contributed by atoms with van der Waals surface area (Å²) < 4.78 is 0. The van der Waals surface area contributed by atoms with Crippen LogP contribution < -0.4 is 5.32 Å². The molecule has 3 aromatic rings. The third-order valence-corrected chi connectivity index (χ3v) is 4.27. The van der Waals surface area contributed by atoms with E-state index >= 15 is 0 Å². The second-order valence-corrected chi connectivity index (χ2v) is 6.26. The number of hydrogen-bond donors (Lipinski definition) is 1. The van der Waals surface area contributed by atoms with Crippen molar-refractivity contribution in [1.82, 2.24) is 4.98 Å². The number of nitrogens with zero attached hydrogens (tertiary/aromatic N) is 1. The molecule has 2 aromatic carbocycles. The number of benzene rings is 2. The number of halogens is 1. The Morgan fingerprint density at radius 3 is 2.40 bits per heavy atom. The molecule has 0 amide bonds. The first-order valence-corrected chi connectivity index (χ1v) is 8.56. The Morgan fingerprint density at radius 2 is 1.68 bits per heavy atom. The maximum absolute atomic E-state index is 12.1. The highest BCUT2D eigenvalue weighted by Gasteiger charge is 2.06. The number of Topliss-reactive ketones (excluding diaryl/α,β-unsaturated/α-hetero) is 1. The molecule has 3 rings (SSSR count). The van der Waals surface area contributed by atoms with Gasteiger partial charge in [0, 0.05) is 42.0 Å². The van der Waals surface area contributed by atoms with Crippen LogP contribution in [-0.2, 0) is 24.2 Å². The number of pyridine rings is 1. The van der Waals surface area contributed by atoms with Crippen molar-refractivity contribution in [2.45, 2.75) is 19.4 Å². The van der Waals surface area contributed by atoms with Crippen molar-refractivity contribution in [3.05, 3.63) is 94.8 Å². The van der Waals surface area contributed by atoms with E-state index in [0.717, 1.165) is 27.5 Å². The van der Waals surface area contributed by atoms with Crippen LogP contribution in [0.2, 0.25) is 5.02 Å². The molecule has 0 radical (unpaired) electrons. The lowest BCUT2D eigenvalue weighted by Crippen LogP contribution is -2.07. The number of nitrogens with one attached hydrogen (secondary N) is 1. The Hall–Kier alpha value is -2.65. The van der Waals surface area contributed by atoms with Crippen molar-refractivity contribution >= 4 is 23.1 Å². The molecule has 0 saturated heterocycles. The van der Waals surface area contributed by atoms with Gasteiger partial charge in [0.25, 0.3) is 0 Å². The van der Waals surface area contributed by atoms with Crippen LogP contribution in [0.5, 0.6) is 0 Å². The molecule has 0 aliphatic rings. The van der Waals surface area contributed by atoms with Gasteiger partial charge < -0.3 is 5.32 Å². The molecular weight excluding hydrogens is 332 g/mol. The van der Waals surface area contributed by atoms with Crippen LogP contribution in [0, 0.1) is 0 Å². The van der Waals surface area contributed by atoms with Crippen molar-refractivity contribution in [2.75, 3.05) is 5.32 Å². The summed E-state index contributed by atoms with van der Waals surface area (Å²) >= 11 is 6.16. The monoisotopic (exact) mass is 350 g/mol. The third-order valence-electron chi connectivity index (χ3n) is 3.90. The van der Waals surface area contributed by atoms with E-state index in [1.54, 1.807) is 6.20 Å². The number of carbonyl (C=O) groups is 1. The lowest BCUT2D eigenvalue weighted by Gasteiger charge is -2.09. The van der Waals surface area contributed by atoms with Crippen LogP contribution in [0.4, 0.5) is 5.69 Å². The van der Waals surface area contributed by atoms with Gasteiger partial charge in [0.1, 0.15) is 5.78 Å². The molecule has 0 atom stereocenters. The van der Waals surface area contributed by atoms with Gasteiger partial charge in [-0.3, -0.25) is 9.78 Å². The van der Waals surface area contributed by atoms with Crippen molar-refractivity contribution in [2.24, 2.45) is 0 Å². The highest BCUT2D eigenvalue weighted by Crippen LogP contribution is 2.17. The first-order chi connectivity index (χ1) is 12.2. The summed E-state index contributed by atoms with van der Waals surface area (Å²) in [6.07, 6.45) is 2.50. The minimum absolute atomic E-state index is 0.162. The molecular formula is C21H19ClN2O. The van der Waals surface area contributed by atoms with Crippen molar-refractivity contribution in [3.63, 3.8) is 0 Å².